The van der Waals surface area contributed by atoms with Gasteiger partial charge < -0.3 is 10.3 Å². The molecule has 0 fully saturated rings. The molecule has 0 bridgehead atoms. The molecule has 0 amide bonds. The van der Waals surface area contributed by atoms with E-state index < -0.39 is 0 Å². The van der Waals surface area contributed by atoms with E-state index in [1.807, 2.05) is 37.5 Å². The second-order valence-electron chi connectivity index (χ2n) is 6.91. The Morgan fingerprint density at radius 3 is 2.43 bits per heavy atom. The molecule has 1 heterocycles. The molecular weight excluding hydrogens is 284 g/mol. The van der Waals surface area contributed by atoms with Crippen molar-refractivity contribution < 1.29 is 0 Å². The quantitative estimate of drug-likeness (QED) is 0.940. The van der Waals surface area contributed by atoms with Gasteiger partial charge in [-0.2, -0.15) is 0 Å². The standard InChI is InChI=1S/C20H26N2O/c1-13(2)22-14(3)8-11-18(20(22)23)19(21)17-10-9-15-6-4-5-7-16(15)12-17/h8-13,19H,4-7,21H2,1-3H3. The predicted molar refractivity (Wildman–Crippen MR) is 94.9 cm³/mol. The maximum atomic E-state index is 12.8. The zero-order chi connectivity index (χ0) is 16.6. The number of nitrogens with two attached hydrogens (primary N) is 1. The smallest absolute Gasteiger partial charge is 0.256 e. The van der Waals surface area contributed by atoms with Gasteiger partial charge in [-0.15, -0.1) is 0 Å². The lowest BCUT2D eigenvalue weighted by molar-refractivity contribution is 0.554. The van der Waals surface area contributed by atoms with Gasteiger partial charge in [0.1, 0.15) is 0 Å². The van der Waals surface area contributed by atoms with Crippen molar-refractivity contribution in [2.75, 3.05) is 0 Å². The fraction of sp³-hybridized carbons (Fsp3) is 0.450. The molecule has 23 heavy (non-hydrogen) atoms. The number of nitrogens with zero attached hydrogens (tertiary/aromatic N) is 1. The van der Waals surface area contributed by atoms with Gasteiger partial charge in [0.25, 0.3) is 5.56 Å². The van der Waals surface area contributed by atoms with Crippen molar-refractivity contribution in [1.82, 2.24) is 4.57 Å². The number of pyridine rings is 1. The first-order valence-electron chi connectivity index (χ1n) is 8.58. The van der Waals surface area contributed by atoms with Gasteiger partial charge in [0.15, 0.2) is 0 Å². The van der Waals surface area contributed by atoms with E-state index in [1.165, 1.54) is 24.0 Å². The lowest BCUT2D eigenvalue weighted by Gasteiger charge is -2.21. The molecule has 0 aliphatic heterocycles. The summed E-state index contributed by atoms with van der Waals surface area (Å²) in [7, 11) is 0. The van der Waals surface area contributed by atoms with Crippen molar-refractivity contribution in [1.29, 1.82) is 0 Å². The largest absolute Gasteiger partial charge is 0.320 e. The summed E-state index contributed by atoms with van der Waals surface area (Å²) in [6.45, 7) is 6.03. The molecule has 3 nitrogen and oxygen atoms in total. The van der Waals surface area contributed by atoms with Crippen LogP contribution in [0.5, 0.6) is 0 Å². The van der Waals surface area contributed by atoms with E-state index in [0.29, 0.717) is 5.56 Å². The number of rotatable bonds is 3. The zero-order valence-corrected chi connectivity index (χ0v) is 14.3. The van der Waals surface area contributed by atoms with E-state index in [-0.39, 0.29) is 17.6 Å². The average molecular weight is 310 g/mol. The fourth-order valence-electron chi connectivity index (χ4n) is 3.67. The zero-order valence-electron chi connectivity index (χ0n) is 14.3. The highest BCUT2D eigenvalue weighted by atomic mass is 16.1. The van der Waals surface area contributed by atoms with Crippen LogP contribution < -0.4 is 11.3 Å². The summed E-state index contributed by atoms with van der Waals surface area (Å²) in [5, 5.41) is 0. The van der Waals surface area contributed by atoms with E-state index >= 15 is 0 Å². The molecule has 122 valence electrons. The summed E-state index contributed by atoms with van der Waals surface area (Å²) < 4.78 is 1.83. The van der Waals surface area contributed by atoms with Crippen molar-refractivity contribution in [3.8, 4) is 0 Å². The number of aryl methyl sites for hydroxylation is 3. The summed E-state index contributed by atoms with van der Waals surface area (Å²) >= 11 is 0. The molecule has 3 heteroatoms. The Morgan fingerprint density at radius 2 is 1.74 bits per heavy atom. The maximum Gasteiger partial charge on any atom is 0.256 e. The number of hydrogen-bond acceptors (Lipinski definition) is 2. The molecule has 3 rings (SSSR count). The van der Waals surface area contributed by atoms with Gasteiger partial charge in [-0.05, 0) is 75.3 Å². The van der Waals surface area contributed by atoms with Crippen LogP contribution in [-0.4, -0.2) is 4.57 Å². The Bertz CT molecular complexity index is 774. The van der Waals surface area contributed by atoms with Crippen molar-refractivity contribution in [3.05, 3.63) is 68.6 Å². The highest BCUT2D eigenvalue weighted by molar-refractivity contribution is 5.38. The molecule has 0 radical (unpaired) electrons. The number of hydrogen-bond donors (Lipinski definition) is 1. The molecule has 1 unspecified atom stereocenters. The topological polar surface area (TPSA) is 48.0 Å². The van der Waals surface area contributed by atoms with Crippen LogP contribution in [0.1, 0.15) is 66.7 Å². The Kier molecular flexibility index (Phi) is 4.40. The summed E-state index contributed by atoms with van der Waals surface area (Å²) in [6.07, 6.45) is 4.81. The second-order valence-corrected chi connectivity index (χ2v) is 6.91. The molecule has 0 saturated heterocycles. The first kappa shape index (κ1) is 16.0. The molecule has 1 aromatic heterocycles. The average Bonchev–Trinajstić information content (AvgIpc) is 2.53. The van der Waals surface area contributed by atoms with Crippen LogP contribution in [0, 0.1) is 6.92 Å². The predicted octanol–water partition coefficient (Wildman–Crippen LogP) is 3.66. The minimum atomic E-state index is -0.361. The first-order valence-corrected chi connectivity index (χ1v) is 8.58. The van der Waals surface area contributed by atoms with Crippen LogP contribution in [0.25, 0.3) is 0 Å². The minimum Gasteiger partial charge on any atom is -0.320 e. The molecule has 1 aliphatic rings. The molecule has 2 aromatic rings. The third-order valence-corrected chi connectivity index (χ3v) is 4.93. The molecular formula is C20H26N2O. The molecule has 1 atom stereocenters. The van der Waals surface area contributed by atoms with E-state index in [1.54, 1.807) is 0 Å². The summed E-state index contributed by atoms with van der Waals surface area (Å²) in [5.41, 5.74) is 12.0. The second kappa shape index (κ2) is 6.32. The van der Waals surface area contributed by atoms with Crippen molar-refractivity contribution in [2.24, 2.45) is 5.73 Å². The van der Waals surface area contributed by atoms with Gasteiger partial charge in [0, 0.05) is 17.3 Å². The van der Waals surface area contributed by atoms with E-state index in [9.17, 15) is 4.79 Å². The van der Waals surface area contributed by atoms with Crippen LogP contribution in [0.2, 0.25) is 0 Å². The SMILES string of the molecule is Cc1ccc(C(N)c2ccc3c(c2)CCCC3)c(=O)n1C(C)C. The van der Waals surface area contributed by atoms with E-state index in [2.05, 4.69) is 18.2 Å². The third kappa shape index (κ3) is 2.98. The highest BCUT2D eigenvalue weighted by Gasteiger charge is 2.18. The van der Waals surface area contributed by atoms with Gasteiger partial charge >= 0.3 is 0 Å². The Balaban J connectivity index is 2.02. The van der Waals surface area contributed by atoms with Crippen LogP contribution in [0.3, 0.4) is 0 Å². The Morgan fingerprint density at radius 1 is 1.04 bits per heavy atom. The van der Waals surface area contributed by atoms with Crippen LogP contribution >= 0.6 is 0 Å². The molecule has 1 aromatic carbocycles. The normalized spacial score (nSPS) is 15.5. The lowest BCUT2D eigenvalue weighted by Crippen LogP contribution is -2.31. The molecule has 1 aliphatic carbocycles. The highest BCUT2D eigenvalue weighted by Crippen LogP contribution is 2.26. The van der Waals surface area contributed by atoms with Crippen molar-refractivity contribution in [3.63, 3.8) is 0 Å². The first-order chi connectivity index (χ1) is 11.0. The number of benzene rings is 1. The molecule has 0 saturated carbocycles. The van der Waals surface area contributed by atoms with Gasteiger partial charge in [-0.3, -0.25) is 4.79 Å². The van der Waals surface area contributed by atoms with Gasteiger partial charge in [-0.1, -0.05) is 18.2 Å². The van der Waals surface area contributed by atoms with E-state index in [0.717, 1.165) is 24.1 Å². The summed E-state index contributed by atoms with van der Waals surface area (Å²) in [4.78, 5) is 12.8. The maximum absolute atomic E-state index is 12.8. The summed E-state index contributed by atoms with van der Waals surface area (Å²) in [6, 6.07) is 10.2. The van der Waals surface area contributed by atoms with Crippen molar-refractivity contribution in [2.45, 2.75) is 58.5 Å². The van der Waals surface area contributed by atoms with Crippen molar-refractivity contribution >= 4 is 0 Å². The van der Waals surface area contributed by atoms with E-state index in [4.69, 9.17) is 5.73 Å². The molecule has 2 N–H and O–H groups in total. The van der Waals surface area contributed by atoms with Crippen LogP contribution in [0.4, 0.5) is 0 Å². The Labute approximate surface area is 138 Å². The fourth-order valence-corrected chi connectivity index (χ4v) is 3.67. The lowest BCUT2D eigenvalue weighted by atomic mass is 9.88. The number of fused-ring (bicyclic) bond motifs is 1. The van der Waals surface area contributed by atoms with Crippen LogP contribution in [0.15, 0.2) is 35.1 Å². The third-order valence-electron chi connectivity index (χ3n) is 4.93. The van der Waals surface area contributed by atoms with Crippen LogP contribution in [-0.2, 0) is 12.8 Å². The Hall–Kier alpha value is -1.87. The monoisotopic (exact) mass is 310 g/mol. The minimum absolute atomic E-state index is 0.0326. The van der Waals surface area contributed by atoms with Gasteiger partial charge in [0.2, 0.25) is 0 Å². The molecule has 0 spiro atoms. The summed E-state index contributed by atoms with van der Waals surface area (Å²) in [5.74, 6) is 0. The number of aromatic nitrogens is 1. The van der Waals surface area contributed by atoms with Gasteiger partial charge in [0.05, 0.1) is 6.04 Å². The van der Waals surface area contributed by atoms with Gasteiger partial charge in [-0.25, -0.2) is 0 Å².